The first kappa shape index (κ1) is 45.2. The first-order chi connectivity index (χ1) is 29.5. The molecule has 0 bridgehead atoms. The van der Waals surface area contributed by atoms with E-state index in [4.69, 9.17) is 30.4 Å². The summed E-state index contributed by atoms with van der Waals surface area (Å²) in [4.78, 5) is 66.0. The van der Waals surface area contributed by atoms with E-state index in [1.807, 2.05) is 13.8 Å². The lowest BCUT2D eigenvalue weighted by Crippen LogP contribution is -2.41. The number of carbonyl (C=O) groups is 4. The van der Waals surface area contributed by atoms with Crippen molar-refractivity contribution in [3.05, 3.63) is 112 Å². The average molecular weight is 854 g/mol. The third kappa shape index (κ3) is 11.6. The number of H-pyrrole nitrogens is 1. The number of nitro benzene ring substituents is 1. The standard InChI is InChI=1S/C42H48N10O10/c1-7-51-32(19-25(2)49-51)39(55)48-40-47-30-20-26(37(43)53)23-34(59-6)36(30)50(40)16-9-8-15-45-35-31(52(57)58)21-27(38(44)54)22-33(35)61-18-11-10-17-60-29-14-12-13-28(24-29)46-41(56)62-42(3,4)5/h8-14,19-24H,7,15-18H2,1-6H3,(H7,43,44,45,46,47,48,53,54,55,56)/p+1/b9-8+,11-10+. The summed E-state index contributed by atoms with van der Waals surface area (Å²) in [6.45, 7) is 9.75. The number of nitrogens with zero attached hydrogens (tertiary/aromatic N) is 4. The molecule has 4 amide bonds. The number of carbonyl (C=O) groups excluding carboxylic acids is 4. The van der Waals surface area contributed by atoms with E-state index in [1.165, 1.54) is 25.3 Å². The molecular weight excluding hydrogens is 805 g/mol. The zero-order valence-electron chi connectivity index (χ0n) is 35.1. The van der Waals surface area contributed by atoms with Crippen molar-refractivity contribution in [1.29, 1.82) is 0 Å². The fourth-order valence-electron chi connectivity index (χ4n) is 6.10. The second-order valence-electron chi connectivity index (χ2n) is 14.6. The minimum atomic E-state index is -0.887. The number of aromatic nitrogens is 4. The number of rotatable bonds is 19. The lowest BCUT2D eigenvalue weighted by molar-refractivity contribution is -0.748. The zero-order valence-corrected chi connectivity index (χ0v) is 35.1. The number of imidazole rings is 1. The fraction of sp³-hybridized carbons (Fsp3) is 0.286. The van der Waals surface area contributed by atoms with Gasteiger partial charge >= 0.3 is 12.0 Å². The van der Waals surface area contributed by atoms with Crippen LogP contribution < -0.4 is 46.3 Å². The second kappa shape index (κ2) is 19.9. The number of methoxy groups -OCH3 is 1. The second-order valence-corrected chi connectivity index (χ2v) is 14.6. The Kier molecular flexibility index (Phi) is 14.5. The molecular formula is C42H49N10O10+. The summed E-state index contributed by atoms with van der Waals surface area (Å²) in [5.74, 6) is -1.11. The van der Waals surface area contributed by atoms with Crippen molar-refractivity contribution in [3.8, 4) is 17.2 Å². The first-order valence-electron chi connectivity index (χ1n) is 19.3. The number of nitrogens with one attached hydrogen (secondary N) is 4. The Morgan fingerprint density at radius 3 is 2.29 bits per heavy atom. The molecule has 62 heavy (non-hydrogen) atoms. The number of anilines is 3. The lowest BCUT2D eigenvalue weighted by Gasteiger charge is -2.19. The summed E-state index contributed by atoms with van der Waals surface area (Å²) in [6.07, 6.45) is 6.10. The van der Waals surface area contributed by atoms with E-state index in [0.29, 0.717) is 34.7 Å². The number of hydrogen-bond donors (Lipinski definition) is 6. The Balaban J connectivity index is 1.31. The molecule has 2 heterocycles. The number of aryl methyl sites for hydroxylation is 2. The number of ether oxygens (including phenoxy) is 4. The third-order valence-corrected chi connectivity index (χ3v) is 8.78. The molecule has 3 aromatic carbocycles. The van der Waals surface area contributed by atoms with E-state index < -0.39 is 40.0 Å². The van der Waals surface area contributed by atoms with Crippen molar-refractivity contribution in [3.63, 3.8) is 0 Å². The molecule has 0 saturated carbocycles. The highest BCUT2D eigenvalue weighted by molar-refractivity contribution is 6.03. The summed E-state index contributed by atoms with van der Waals surface area (Å²) in [7, 11) is 1.43. The van der Waals surface area contributed by atoms with Crippen LogP contribution in [0.1, 0.15) is 64.6 Å². The van der Waals surface area contributed by atoms with Crippen LogP contribution in [0.15, 0.2) is 78.9 Å². The van der Waals surface area contributed by atoms with Gasteiger partial charge < -0.3 is 40.3 Å². The highest BCUT2D eigenvalue weighted by atomic mass is 16.6. The van der Waals surface area contributed by atoms with Crippen molar-refractivity contribution in [2.45, 2.75) is 53.3 Å². The maximum Gasteiger partial charge on any atom is 0.412 e. The van der Waals surface area contributed by atoms with E-state index >= 15 is 0 Å². The van der Waals surface area contributed by atoms with Gasteiger partial charge in [-0.15, -0.1) is 4.68 Å². The minimum Gasteiger partial charge on any atom is -0.494 e. The molecule has 5 rings (SSSR count). The van der Waals surface area contributed by atoms with Gasteiger partial charge in [-0.05, 0) is 77.1 Å². The molecule has 0 unspecified atom stereocenters. The Morgan fingerprint density at radius 2 is 1.63 bits per heavy atom. The maximum atomic E-state index is 13.5. The topological polar surface area (TPSA) is 274 Å². The number of amides is 4. The molecule has 0 spiro atoms. The number of nitrogens with two attached hydrogens (primary N) is 2. The number of primary amides is 2. The van der Waals surface area contributed by atoms with Gasteiger partial charge in [0, 0.05) is 48.1 Å². The van der Waals surface area contributed by atoms with Gasteiger partial charge in [0.25, 0.3) is 11.4 Å². The van der Waals surface area contributed by atoms with E-state index in [2.05, 4.69) is 26.0 Å². The van der Waals surface area contributed by atoms with Crippen molar-refractivity contribution >= 4 is 57.9 Å². The molecule has 0 aliphatic carbocycles. The van der Waals surface area contributed by atoms with Gasteiger partial charge in [0.05, 0.1) is 23.2 Å². The summed E-state index contributed by atoms with van der Waals surface area (Å²) in [6, 6.07) is 13.8. The highest BCUT2D eigenvalue weighted by Crippen LogP contribution is 2.36. The summed E-state index contributed by atoms with van der Waals surface area (Å²) >= 11 is 0. The van der Waals surface area contributed by atoms with Gasteiger partial charge in [0.1, 0.15) is 35.8 Å². The Labute approximate surface area is 356 Å². The number of allylic oxidation sites excluding steroid dienone is 1. The normalized spacial score (nSPS) is 11.5. The van der Waals surface area contributed by atoms with E-state index in [1.54, 1.807) is 84.7 Å². The maximum absolute atomic E-state index is 13.5. The molecule has 8 N–H and O–H groups in total. The quantitative estimate of drug-likeness (QED) is 0.0265. The van der Waals surface area contributed by atoms with Gasteiger partial charge in [0.2, 0.25) is 17.8 Å². The minimum absolute atomic E-state index is 0.00204. The molecule has 326 valence electrons. The molecule has 0 radical (unpaired) electrons. The monoisotopic (exact) mass is 853 g/mol. The molecule has 5 aromatic rings. The Hall–Kier alpha value is -7.90. The molecule has 20 heteroatoms. The summed E-state index contributed by atoms with van der Waals surface area (Å²) in [5, 5.41) is 23.8. The predicted octanol–water partition coefficient (Wildman–Crippen LogP) is 5.38. The van der Waals surface area contributed by atoms with E-state index in [0.717, 1.165) is 11.8 Å². The van der Waals surface area contributed by atoms with Crippen molar-refractivity contribution < 1.29 is 47.7 Å². The van der Waals surface area contributed by atoms with Gasteiger partial charge in [0.15, 0.2) is 18.0 Å². The molecule has 0 aliphatic rings. The number of fused-ring (bicyclic) bond motifs is 1. The molecule has 0 fully saturated rings. The van der Waals surface area contributed by atoms with Crippen LogP contribution in [-0.2, 0) is 17.8 Å². The van der Waals surface area contributed by atoms with Gasteiger partial charge in [-0.25, -0.2) is 9.78 Å². The van der Waals surface area contributed by atoms with Crippen LogP contribution >= 0.6 is 0 Å². The third-order valence-electron chi connectivity index (χ3n) is 8.78. The number of benzene rings is 3. The Morgan fingerprint density at radius 1 is 0.935 bits per heavy atom. The summed E-state index contributed by atoms with van der Waals surface area (Å²) < 4.78 is 25.9. The predicted molar refractivity (Wildman–Crippen MR) is 230 cm³/mol. The molecule has 0 atom stereocenters. The number of nitro groups is 1. The fourth-order valence-corrected chi connectivity index (χ4v) is 6.10. The number of aromatic amines is 1. The largest absolute Gasteiger partial charge is 0.494 e. The van der Waals surface area contributed by atoms with Crippen molar-refractivity contribution in [2.75, 3.05) is 42.8 Å². The van der Waals surface area contributed by atoms with Crippen LogP contribution in [0.4, 0.5) is 27.8 Å². The van der Waals surface area contributed by atoms with Crippen LogP contribution in [0.2, 0.25) is 0 Å². The van der Waals surface area contributed by atoms with Crippen LogP contribution in [0.25, 0.3) is 11.0 Å². The lowest BCUT2D eigenvalue weighted by atomic mass is 10.1. The zero-order chi connectivity index (χ0) is 45.1. The molecule has 20 nitrogen and oxygen atoms in total. The van der Waals surface area contributed by atoms with E-state index in [-0.39, 0.29) is 60.6 Å². The number of hydrogen-bond acceptors (Lipinski definition) is 12. The Bertz CT molecular complexity index is 2550. The molecule has 0 saturated heterocycles. The van der Waals surface area contributed by atoms with Crippen LogP contribution in [0, 0.1) is 17.0 Å². The van der Waals surface area contributed by atoms with Crippen LogP contribution in [-0.4, -0.2) is 75.9 Å². The van der Waals surface area contributed by atoms with Crippen LogP contribution in [0.3, 0.4) is 0 Å². The summed E-state index contributed by atoms with van der Waals surface area (Å²) in [5.41, 5.74) is 12.4. The average Bonchev–Trinajstić information content (AvgIpc) is 3.76. The van der Waals surface area contributed by atoms with Gasteiger partial charge in [-0.3, -0.25) is 35.1 Å². The smallest absolute Gasteiger partial charge is 0.412 e. The van der Waals surface area contributed by atoms with Crippen molar-refractivity contribution in [1.82, 2.24) is 14.6 Å². The highest BCUT2D eigenvalue weighted by Gasteiger charge is 2.26. The van der Waals surface area contributed by atoms with Crippen LogP contribution in [0.5, 0.6) is 17.2 Å². The van der Waals surface area contributed by atoms with E-state index in [9.17, 15) is 29.3 Å². The van der Waals surface area contributed by atoms with Gasteiger partial charge in [-0.2, -0.15) is 5.10 Å². The molecule has 2 aromatic heterocycles. The first-order valence-corrected chi connectivity index (χ1v) is 19.3. The molecule has 0 aliphatic heterocycles. The SMILES string of the molecule is CC[n+]1[nH]c(C)cc1C(=O)Nc1nc2cc(C(N)=O)cc(OC)c2n1C/C=C/CNc1c(OC/C=C/COc2cccc(NC(=O)OC(C)(C)C)c2)cc(C(N)=O)cc1[N+](=O)[O-]. The van der Waals surface area contributed by atoms with Crippen molar-refractivity contribution in [2.24, 2.45) is 11.5 Å². The van der Waals surface area contributed by atoms with Gasteiger partial charge in [-0.1, -0.05) is 18.2 Å².